The lowest BCUT2D eigenvalue weighted by molar-refractivity contribution is -0.129. The number of hydrogen-bond acceptors (Lipinski definition) is 3. The zero-order chi connectivity index (χ0) is 16.7. The first-order valence-corrected chi connectivity index (χ1v) is 7.93. The maximum absolute atomic E-state index is 11.9. The molecule has 1 aromatic carbocycles. The summed E-state index contributed by atoms with van der Waals surface area (Å²) in [5, 5.41) is 14.2. The van der Waals surface area contributed by atoms with Gasteiger partial charge in [-0.15, -0.1) is 0 Å². The van der Waals surface area contributed by atoms with E-state index >= 15 is 0 Å². The molecule has 1 fully saturated rings. The van der Waals surface area contributed by atoms with Crippen molar-refractivity contribution in [2.45, 2.75) is 38.6 Å². The largest absolute Gasteiger partial charge is 0.478 e. The second-order valence-electron chi connectivity index (χ2n) is 5.83. The fraction of sp³-hybridized carbons (Fsp3) is 0.471. The predicted molar refractivity (Wildman–Crippen MR) is 84.8 cm³/mol. The molecule has 0 saturated heterocycles. The molecule has 1 saturated carbocycles. The molecule has 0 aliphatic heterocycles. The van der Waals surface area contributed by atoms with Gasteiger partial charge in [-0.25, -0.2) is 4.79 Å². The van der Waals surface area contributed by atoms with Gasteiger partial charge in [0, 0.05) is 12.5 Å². The molecular weight excluding hydrogens is 296 g/mol. The van der Waals surface area contributed by atoms with E-state index in [1.807, 2.05) is 0 Å². The molecule has 6 heteroatoms. The molecule has 124 valence electrons. The van der Waals surface area contributed by atoms with E-state index in [0.717, 1.165) is 31.2 Å². The summed E-state index contributed by atoms with van der Waals surface area (Å²) >= 11 is 0. The molecule has 2 rings (SSSR count). The maximum Gasteiger partial charge on any atom is 0.335 e. The van der Waals surface area contributed by atoms with Crippen LogP contribution in [-0.4, -0.2) is 29.4 Å². The second-order valence-corrected chi connectivity index (χ2v) is 5.83. The van der Waals surface area contributed by atoms with Crippen molar-refractivity contribution >= 4 is 17.8 Å². The topological polar surface area (TPSA) is 95.5 Å². The molecule has 0 bridgehead atoms. The summed E-state index contributed by atoms with van der Waals surface area (Å²) in [6.07, 6.45) is 5.16. The lowest BCUT2D eigenvalue weighted by Crippen LogP contribution is -2.39. The third kappa shape index (κ3) is 5.39. The van der Waals surface area contributed by atoms with Gasteiger partial charge in [0.25, 0.3) is 0 Å². The van der Waals surface area contributed by atoms with Gasteiger partial charge in [0.05, 0.1) is 12.1 Å². The lowest BCUT2D eigenvalue weighted by Gasteiger charge is -2.20. The van der Waals surface area contributed by atoms with Crippen LogP contribution in [0.25, 0.3) is 0 Å². The van der Waals surface area contributed by atoms with Gasteiger partial charge in [0.15, 0.2) is 0 Å². The maximum atomic E-state index is 11.9. The summed E-state index contributed by atoms with van der Waals surface area (Å²) in [4.78, 5) is 34.4. The first-order valence-electron chi connectivity index (χ1n) is 7.93. The number of hydrogen-bond donors (Lipinski definition) is 3. The molecule has 0 unspecified atom stereocenters. The average Bonchev–Trinajstić information content (AvgIpc) is 2.59. The quantitative estimate of drug-likeness (QED) is 0.744. The summed E-state index contributed by atoms with van der Waals surface area (Å²) < 4.78 is 0. The molecular formula is C17H22N2O4. The van der Waals surface area contributed by atoms with E-state index in [9.17, 15) is 14.4 Å². The van der Waals surface area contributed by atoms with E-state index in [0.29, 0.717) is 6.54 Å². The van der Waals surface area contributed by atoms with Gasteiger partial charge >= 0.3 is 5.97 Å². The highest BCUT2D eigenvalue weighted by Crippen LogP contribution is 2.23. The Hall–Kier alpha value is -2.37. The van der Waals surface area contributed by atoms with Gasteiger partial charge in [-0.3, -0.25) is 9.59 Å². The van der Waals surface area contributed by atoms with Crippen LogP contribution in [0.4, 0.5) is 0 Å². The Bertz CT molecular complexity index is 562. The molecule has 1 aliphatic carbocycles. The number of benzene rings is 1. The SMILES string of the molecule is O=C(CNC(=O)C1CCCCC1)NCc1ccc(C(=O)O)cc1. The van der Waals surface area contributed by atoms with Crippen LogP contribution < -0.4 is 10.6 Å². The van der Waals surface area contributed by atoms with Gasteiger partial charge in [-0.2, -0.15) is 0 Å². The highest BCUT2D eigenvalue weighted by atomic mass is 16.4. The minimum absolute atomic E-state index is 0.0253. The molecule has 0 radical (unpaired) electrons. The smallest absolute Gasteiger partial charge is 0.335 e. The van der Waals surface area contributed by atoms with E-state index in [1.54, 1.807) is 12.1 Å². The normalized spacial score (nSPS) is 15.0. The van der Waals surface area contributed by atoms with Crippen molar-refractivity contribution in [1.82, 2.24) is 10.6 Å². The Kier molecular flexibility index (Phi) is 6.14. The van der Waals surface area contributed by atoms with Gasteiger partial charge < -0.3 is 15.7 Å². The molecule has 0 spiro atoms. The predicted octanol–water partition coefficient (Wildman–Crippen LogP) is 1.70. The molecule has 0 atom stereocenters. The van der Waals surface area contributed by atoms with Crippen LogP contribution in [0.5, 0.6) is 0 Å². The minimum Gasteiger partial charge on any atom is -0.478 e. The zero-order valence-corrected chi connectivity index (χ0v) is 13.0. The highest BCUT2D eigenvalue weighted by Gasteiger charge is 2.21. The number of carboxylic acid groups (broad SMARTS) is 1. The Morgan fingerprint density at radius 3 is 2.26 bits per heavy atom. The van der Waals surface area contributed by atoms with Crippen LogP contribution in [-0.2, 0) is 16.1 Å². The van der Waals surface area contributed by atoms with Crippen molar-refractivity contribution in [1.29, 1.82) is 0 Å². The summed E-state index contributed by atoms with van der Waals surface area (Å²) in [7, 11) is 0. The molecule has 3 N–H and O–H groups in total. The van der Waals surface area contributed by atoms with Crippen molar-refractivity contribution in [3.05, 3.63) is 35.4 Å². The van der Waals surface area contributed by atoms with Gasteiger partial charge in [-0.05, 0) is 30.5 Å². The molecule has 6 nitrogen and oxygen atoms in total. The number of amides is 2. The van der Waals surface area contributed by atoms with Crippen LogP contribution in [0, 0.1) is 5.92 Å². The van der Waals surface area contributed by atoms with Crippen LogP contribution in [0.2, 0.25) is 0 Å². The number of carboxylic acids is 1. The summed E-state index contributed by atoms with van der Waals surface area (Å²) in [5.74, 6) is -1.23. The summed E-state index contributed by atoms with van der Waals surface area (Å²) in [6, 6.07) is 6.30. The van der Waals surface area contributed by atoms with Crippen molar-refractivity contribution in [3.8, 4) is 0 Å². The number of carbonyl (C=O) groups excluding carboxylic acids is 2. The first kappa shape index (κ1) is 17.0. The molecule has 2 amide bonds. The van der Waals surface area contributed by atoms with Crippen molar-refractivity contribution < 1.29 is 19.5 Å². The number of carbonyl (C=O) groups is 3. The number of nitrogens with one attached hydrogen (secondary N) is 2. The molecule has 0 heterocycles. The Morgan fingerprint density at radius 2 is 1.65 bits per heavy atom. The molecule has 1 aliphatic rings. The standard InChI is InChI=1S/C17H22N2O4/c20-15(11-19-16(21)13-4-2-1-3-5-13)18-10-12-6-8-14(9-7-12)17(22)23/h6-9,13H,1-5,10-11H2,(H,18,20)(H,19,21)(H,22,23). The zero-order valence-electron chi connectivity index (χ0n) is 13.0. The third-order valence-electron chi connectivity index (χ3n) is 4.09. The minimum atomic E-state index is -0.981. The number of aromatic carboxylic acids is 1. The van der Waals surface area contributed by atoms with Crippen LogP contribution >= 0.6 is 0 Å². The van der Waals surface area contributed by atoms with Gasteiger partial charge in [-0.1, -0.05) is 31.4 Å². The van der Waals surface area contributed by atoms with Gasteiger partial charge in [0.1, 0.15) is 0 Å². The highest BCUT2D eigenvalue weighted by molar-refractivity contribution is 5.87. The monoisotopic (exact) mass is 318 g/mol. The van der Waals surface area contributed by atoms with E-state index in [2.05, 4.69) is 10.6 Å². The molecule has 23 heavy (non-hydrogen) atoms. The summed E-state index contributed by atoms with van der Waals surface area (Å²) in [5.41, 5.74) is 1.02. The van der Waals surface area contributed by atoms with Crippen molar-refractivity contribution in [2.24, 2.45) is 5.92 Å². The van der Waals surface area contributed by atoms with Crippen LogP contribution in [0.3, 0.4) is 0 Å². The van der Waals surface area contributed by atoms with Crippen LogP contribution in [0.1, 0.15) is 48.0 Å². The fourth-order valence-electron chi connectivity index (χ4n) is 2.70. The molecule has 0 aromatic heterocycles. The van der Waals surface area contributed by atoms with Crippen LogP contribution in [0.15, 0.2) is 24.3 Å². The second kappa shape index (κ2) is 8.31. The molecule has 1 aromatic rings. The fourth-order valence-corrected chi connectivity index (χ4v) is 2.70. The number of rotatable bonds is 6. The van der Waals surface area contributed by atoms with Crippen molar-refractivity contribution in [2.75, 3.05) is 6.54 Å². The Labute approximate surface area is 135 Å². The lowest BCUT2D eigenvalue weighted by atomic mass is 9.89. The Balaban J connectivity index is 1.70. The van der Waals surface area contributed by atoms with E-state index in [1.165, 1.54) is 18.6 Å². The van der Waals surface area contributed by atoms with E-state index in [-0.39, 0.29) is 29.8 Å². The van der Waals surface area contributed by atoms with E-state index < -0.39 is 5.97 Å². The van der Waals surface area contributed by atoms with Crippen molar-refractivity contribution in [3.63, 3.8) is 0 Å². The van der Waals surface area contributed by atoms with Gasteiger partial charge in [0.2, 0.25) is 11.8 Å². The summed E-state index contributed by atoms with van der Waals surface area (Å²) in [6.45, 7) is 0.278. The Morgan fingerprint density at radius 1 is 1.00 bits per heavy atom. The van der Waals surface area contributed by atoms with E-state index in [4.69, 9.17) is 5.11 Å². The third-order valence-corrected chi connectivity index (χ3v) is 4.09. The average molecular weight is 318 g/mol. The first-order chi connectivity index (χ1) is 11.1.